The number of likely N-dealkylation sites (tertiary alicyclic amines) is 2. The van der Waals surface area contributed by atoms with Gasteiger partial charge in [-0.05, 0) is 79.9 Å². The molecule has 18 nitrogen and oxygen atoms in total. The van der Waals surface area contributed by atoms with Crippen LogP contribution >= 0.6 is 0 Å². The molecule has 2 saturated heterocycles. The molecule has 0 unspecified atom stereocenters. The molecule has 0 aliphatic carbocycles. The summed E-state index contributed by atoms with van der Waals surface area (Å²) in [4.78, 5) is 112. The number of amides is 6. The number of anilines is 1. The third-order valence-electron chi connectivity index (χ3n) is 12.6. The monoisotopic (exact) mass is 866 g/mol. The number of hydrogen-bond acceptors (Lipinski definition) is 12. The van der Waals surface area contributed by atoms with Crippen LogP contribution in [0.15, 0.2) is 78.9 Å². The van der Waals surface area contributed by atoms with Crippen LogP contribution in [-0.4, -0.2) is 118 Å². The molecular weight excluding hydrogens is 825 g/mol. The molecule has 0 aromatic heterocycles. The predicted molar refractivity (Wildman–Crippen MR) is 234 cm³/mol. The Hall–Kier alpha value is -7.44. The molecule has 64 heavy (non-hydrogen) atoms. The molecular formula is C46H42N8O10. The van der Waals surface area contributed by atoms with Crippen molar-refractivity contribution in [1.29, 1.82) is 0 Å². The molecule has 0 radical (unpaired) electrons. The Morgan fingerprint density at radius 3 is 1.81 bits per heavy atom. The smallest absolute Gasteiger partial charge is 0.270 e. The SMILES string of the molecule is O=C(NCCNCCN1C(=O)c2cccc3cc([N+](=O)[O-])cc(c23)C1=O)c1cc(C(=O)N2CCC(N3CCCCC3)CC2)cc(N2C(=O)c3cccc4cc([N+](=O)[O-])cc(c34)C2=O)c1. The van der Waals surface area contributed by atoms with E-state index in [0.717, 1.165) is 54.6 Å². The van der Waals surface area contributed by atoms with Crippen molar-refractivity contribution < 1.29 is 38.6 Å². The highest BCUT2D eigenvalue weighted by Crippen LogP contribution is 2.37. The molecule has 6 amide bonds. The standard InChI is InChI=1S/C46H42N8O10/c55-41(48-13-12-47-14-19-51-43(57)35-8-4-6-27-21-33(53(61)62)25-37(39(27)35)44(51)58)29-20-30(42(56)50-17-10-31(11-18-50)49-15-2-1-3-16-49)24-32(23-29)52-45(59)36-9-5-7-28-22-34(54(63)64)26-38(40(28)36)46(52)60/h4-9,20-26,31,47H,1-3,10-19H2,(H,48,55). The first kappa shape index (κ1) is 41.9. The molecule has 0 saturated carbocycles. The lowest BCUT2D eigenvalue weighted by Gasteiger charge is -2.40. The molecule has 326 valence electrons. The zero-order valence-electron chi connectivity index (χ0n) is 34.5. The summed E-state index contributed by atoms with van der Waals surface area (Å²) in [5.41, 5.74) is -0.213. The van der Waals surface area contributed by atoms with Gasteiger partial charge in [0.2, 0.25) is 0 Å². The summed E-state index contributed by atoms with van der Waals surface area (Å²) >= 11 is 0. The van der Waals surface area contributed by atoms with Crippen molar-refractivity contribution in [1.82, 2.24) is 25.3 Å². The van der Waals surface area contributed by atoms with Crippen molar-refractivity contribution in [3.8, 4) is 0 Å². The Kier molecular flexibility index (Phi) is 11.1. The zero-order valence-corrected chi connectivity index (χ0v) is 34.5. The summed E-state index contributed by atoms with van der Waals surface area (Å²) in [5, 5.41) is 30.7. The number of carbonyl (C=O) groups excluding carboxylic acids is 6. The molecule has 18 heteroatoms. The van der Waals surface area contributed by atoms with Gasteiger partial charge in [0.1, 0.15) is 0 Å². The van der Waals surface area contributed by atoms with Gasteiger partial charge in [-0.25, -0.2) is 4.90 Å². The average Bonchev–Trinajstić information content (AvgIpc) is 3.31. The normalized spacial score (nSPS) is 16.8. The van der Waals surface area contributed by atoms with Gasteiger partial charge in [0.25, 0.3) is 46.8 Å². The third kappa shape index (κ3) is 7.59. The van der Waals surface area contributed by atoms with Gasteiger partial charge in [0, 0.05) is 103 Å². The molecule has 5 aromatic carbocycles. The van der Waals surface area contributed by atoms with Gasteiger partial charge in [0.05, 0.1) is 26.7 Å². The molecule has 5 aromatic rings. The maximum atomic E-state index is 14.2. The number of nitro groups is 2. The van der Waals surface area contributed by atoms with E-state index >= 15 is 0 Å². The number of rotatable bonds is 12. The molecule has 0 atom stereocenters. The Labute approximate surface area is 365 Å². The zero-order chi connectivity index (χ0) is 44.8. The summed E-state index contributed by atoms with van der Waals surface area (Å²) in [6, 6.07) is 18.9. The number of benzene rings is 5. The van der Waals surface area contributed by atoms with Crippen LogP contribution in [0.4, 0.5) is 17.1 Å². The number of carbonyl (C=O) groups is 6. The average molecular weight is 867 g/mol. The minimum absolute atomic E-state index is 0.0147. The highest BCUT2D eigenvalue weighted by molar-refractivity contribution is 6.36. The van der Waals surface area contributed by atoms with E-state index in [-0.39, 0.29) is 87.9 Å². The molecule has 4 aliphatic rings. The quantitative estimate of drug-likeness (QED) is 0.0704. The summed E-state index contributed by atoms with van der Waals surface area (Å²) in [6.45, 7) is 3.32. The largest absolute Gasteiger partial charge is 0.351 e. The second-order valence-corrected chi connectivity index (χ2v) is 16.4. The van der Waals surface area contributed by atoms with Crippen molar-refractivity contribution in [2.45, 2.75) is 38.1 Å². The highest BCUT2D eigenvalue weighted by Gasteiger charge is 2.38. The predicted octanol–water partition coefficient (Wildman–Crippen LogP) is 5.32. The van der Waals surface area contributed by atoms with Crippen LogP contribution in [0.25, 0.3) is 21.5 Å². The highest BCUT2D eigenvalue weighted by atomic mass is 16.6. The van der Waals surface area contributed by atoms with Gasteiger partial charge in [-0.2, -0.15) is 0 Å². The van der Waals surface area contributed by atoms with E-state index in [4.69, 9.17) is 0 Å². The van der Waals surface area contributed by atoms with Gasteiger partial charge in [-0.3, -0.25) is 53.9 Å². The number of imide groups is 2. The van der Waals surface area contributed by atoms with Crippen LogP contribution in [0.2, 0.25) is 0 Å². The molecule has 0 spiro atoms. The van der Waals surface area contributed by atoms with E-state index in [1.807, 2.05) is 0 Å². The summed E-state index contributed by atoms with van der Waals surface area (Å²) < 4.78 is 0. The van der Waals surface area contributed by atoms with Crippen molar-refractivity contribution in [3.05, 3.63) is 132 Å². The van der Waals surface area contributed by atoms with Gasteiger partial charge in [-0.1, -0.05) is 30.7 Å². The fourth-order valence-electron chi connectivity index (χ4n) is 9.46. The van der Waals surface area contributed by atoms with Gasteiger partial charge < -0.3 is 20.4 Å². The van der Waals surface area contributed by atoms with Crippen molar-refractivity contribution in [2.75, 3.05) is 57.3 Å². The lowest BCUT2D eigenvalue weighted by atomic mass is 9.92. The van der Waals surface area contributed by atoms with Crippen molar-refractivity contribution in [2.24, 2.45) is 0 Å². The van der Waals surface area contributed by atoms with E-state index in [2.05, 4.69) is 15.5 Å². The first-order valence-corrected chi connectivity index (χ1v) is 21.2. The maximum Gasteiger partial charge on any atom is 0.270 e. The van der Waals surface area contributed by atoms with E-state index in [0.29, 0.717) is 35.3 Å². The van der Waals surface area contributed by atoms with E-state index in [9.17, 15) is 49.0 Å². The second-order valence-electron chi connectivity index (χ2n) is 16.4. The minimum atomic E-state index is -0.844. The number of nitro benzene ring substituents is 2. The Bertz CT molecular complexity index is 2850. The second kappa shape index (κ2) is 17.0. The van der Waals surface area contributed by atoms with Crippen LogP contribution in [0.1, 0.15) is 94.3 Å². The summed E-state index contributed by atoms with van der Waals surface area (Å²) in [5.74, 6) is -3.75. The number of non-ortho nitro benzene ring substituents is 2. The third-order valence-corrected chi connectivity index (χ3v) is 12.6. The molecule has 9 rings (SSSR count). The van der Waals surface area contributed by atoms with E-state index < -0.39 is 39.4 Å². The number of nitrogens with one attached hydrogen (secondary N) is 2. The van der Waals surface area contributed by atoms with Crippen LogP contribution in [0, 0.1) is 20.2 Å². The molecule has 4 heterocycles. The molecule has 0 bridgehead atoms. The van der Waals surface area contributed by atoms with Crippen LogP contribution in [0.5, 0.6) is 0 Å². The van der Waals surface area contributed by atoms with Crippen LogP contribution in [-0.2, 0) is 0 Å². The van der Waals surface area contributed by atoms with Gasteiger partial charge in [-0.15, -0.1) is 0 Å². The first-order valence-electron chi connectivity index (χ1n) is 21.2. The Morgan fingerprint density at radius 2 is 1.19 bits per heavy atom. The Balaban J connectivity index is 0.918. The number of nitrogens with zero attached hydrogens (tertiary/aromatic N) is 6. The topological polar surface area (TPSA) is 226 Å². The van der Waals surface area contributed by atoms with Crippen LogP contribution < -0.4 is 15.5 Å². The fraction of sp³-hybridized carbons (Fsp3) is 0.304. The fourth-order valence-corrected chi connectivity index (χ4v) is 9.46. The summed E-state index contributed by atoms with van der Waals surface area (Å²) in [6.07, 6.45) is 5.07. The molecule has 2 N–H and O–H groups in total. The Morgan fingerprint density at radius 1 is 0.625 bits per heavy atom. The number of piperidine rings is 2. The lowest BCUT2D eigenvalue weighted by Crippen LogP contribution is -2.48. The van der Waals surface area contributed by atoms with Gasteiger partial charge in [0.15, 0.2) is 0 Å². The molecule has 2 fully saturated rings. The van der Waals surface area contributed by atoms with Gasteiger partial charge >= 0.3 is 0 Å². The van der Waals surface area contributed by atoms with E-state index in [1.165, 1.54) is 48.9 Å². The van der Waals surface area contributed by atoms with Crippen molar-refractivity contribution >= 4 is 74.1 Å². The minimum Gasteiger partial charge on any atom is -0.351 e. The molecule has 4 aliphatic heterocycles. The number of hydrogen-bond donors (Lipinski definition) is 2. The van der Waals surface area contributed by atoms with Crippen LogP contribution in [0.3, 0.4) is 0 Å². The van der Waals surface area contributed by atoms with E-state index in [1.54, 1.807) is 35.2 Å². The van der Waals surface area contributed by atoms with Crippen molar-refractivity contribution in [3.63, 3.8) is 0 Å². The maximum absolute atomic E-state index is 14.2. The first-order chi connectivity index (χ1) is 30.9. The lowest BCUT2D eigenvalue weighted by molar-refractivity contribution is -0.384. The summed E-state index contributed by atoms with van der Waals surface area (Å²) in [7, 11) is 0.